The predicted octanol–water partition coefficient (Wildman–Crippen LogP) is 2.23. The minimum Gasteiger partial charge on any atom is -0.480 e. The second-order valence-corrected chi connectivity index (χ2v) is 4.28. The van der Waals surface area contributed by atoms with Crippen molar-refractivity contribution in [3.8, 4) is 0 Å². The minimum absolute atomic E-state index is 0.219. The van der Waals surface area contributed by atoms with E-state index in [1.165, 1.54) is 7.05 Å². The number of hydrogen-bond donors (Lipinski definition) is 1. The Morgan fingerprint density at radius 3 is 2.41 bits per heavy atom. The van der Waals surface area contributed by atoms with E-state index in [0.717, 1.165) is 17.7 Å². The van der Waals surface area contributed by atoms with Gasteiger partial charge < -0.3 is 10.0 Å². The van der Waals surface area contributed by atoms with Gasteiger partial charge in [0.2, 0.25) is 5.91 Å². The Labute approximate surface area is 102 Å². The van der Waals surface area contributed by atoms with Crippen LogP contribution in [0, 0.1) is 0 Å². The quantitative estimate of drug-likeness (QED) is 0.679. The predicted molar refractivity (Wildman–Crippen MR) is 63.5 cm³/mol. The minimum atomic E-state index is -1.04. The van der Waals surface area contributed by atoms with Crippen LogP contribution in [0.5, 0.6) is 0 Å². The summed E-state index contributed by atoms with van der Waals surface area (Å²) in [5.74, 6) is -1.28. The van der Waals surface area contributed by atoms with Crippen molar-refractivity contribution in [2.45, 2.75) is 51.6 Å². The summed E-state index contributed by atoms with van der Waals surface area (Å²) in [7, 11) is 1.44. The van der Waals surface area contributed by atoms with Gasteiger partial charge in [0.25, 0.3) is 0 Å². The molecule has 0 aromatic heterocycles. The Bertz CT molecular complexity index is 246. The molecule has 17 heavy (non-hydrogen) atoms. The average molecular weight is 247 g/mol. The third-order valence-electron chi connectivity index (χ3n) is 2.58. The molecule has 1 N–H and O–H groups in total. The Balaban J connectivity index is 3.66. The first-order chi connectivity index (χ1) is 7.97. The summed E-state index contributed by atoms with van der Waals surface area (Å²) in [4.78, 5) is 22.9. The lowest BCUT2D eigenvalue weighted by molar-refractivity contribution is -0.143. The molecule has 0 heterocycles. The molecule has 0 aromatic rings. The summed E-state index contributed by atoms with van der Waals surface area (Å²) in [5, 5.41) is 8.49. The van der Waals surface area contributed by atoms with Gasteiger partial charge in [-0.05, 0) is 19.3 Å². The van der Waals surface area contributed by atoms with Gasteiger partial charge in [-0.15, -0.1) is 0 Å². The number of carbonyl (C=O) groups is 2. The fourth-order valence-electron chi connectivity index (χ4n) is 1.53. The second kappa shape index (κ2) is 8.96. The van der Waals surface area contributed by atoms with E-state index in [1.807, 2.05) is 6.92 Å². The molecule has 0 rings (SSSR count). The molecule has 4 nitrogen and oxygen atoms in total. The van der Waals surface area contributed by atoms with Crippen molar-refractivity contribution >= 4 is 11.9 Å². The van der Waals surface area contributed by atoms with Crippen LogP contribution in [-0.4, -0.2) is 41.6 Å². The fourth-order valence-corrected chi connectivity index (χ4v) is 1.53. The van der Waals surface area contributed by atoms with Crippen molar-refractivity contribution in [2.75, 3.05) is 13.6 Å². The van der Waals surface area contributed by atoms with Crippen LogP contribution in [0.15, 0.2) is 0 Å². The smallest absolute Gasteiger partial charge is 0.323 e. The summed E-state index contributed by atoms with van der Waals surface area (Å²) >= 11 is 0. The van der Waals surface area contributed by atoms with Gasteiger partial charge >= 0.3 is 5.97 Å². The monoisotopic (exact) mass is 247 g/mol. The van der Waals surface area contributed by atoms with E-state index in [-0.39, 0.29) is 18.9 Å². The van der Waals surface area contributed by atoms with Crippen LogP contribution < -0.4 is 0 Å². The van der Waals surface area contributed by atoms with Gasteiger partial charge in [0.1, 0.15) is 12.7 Å². The molecule has 0 aliphatic carbocycles. The molecular weight excluding hydrogens is 225 g/mol. The van der Waals surface area contributed by atoms with Crippen molar-refractivity contribution in [1.29, 1.82) is 0 Å². The van der Waals surface area contributed by atoms with Crippen LogP contribution in [0.4, 0.5) is 4.39 Å². The molecule has 1 unspecified atom stereocenters. The molecule has 0 bridgehead atoms. The third-order valence-corrected chi connectivity index (χ3v) is 2.58. The van der Waals surface area contributed by atoms with E-state index >= 15 is 0 Å². The average Bonchev–Trinajstić information content (AvgIpc) is 2.25. The zero-order valence-corrected chi connectivity index (χ0v) is 10.6. The summed E-state index contributed by atoms with van der Waals surface area (Å²) in [6.07, 6.45) is 2.63. The standard InChI is InChI=1S/C12H22FNO3/c1-3-4-6-10(13)7-5-8-11(15)14(2)9-12(16)17/h10H,3-9H2,1-2H3,(H,16,17). The lowest BCUT2D eigenvalue weighted by Crippen LogP contribution is -2.31. The Kier molecular flexibility index (Phi) is 8.36. The number of hydrogen-bond acceptors (Lipinski definition) is 2. The Hall–Kier alpha value is -1.13. The van der Waals surface area contributed by atoms with E-state index in [4.69, 9.17) is 5.11 Å². The van der Waals surface area contributed by atoms with E-state index in [2.05, 4.69) is 0 Å². The fraction of sp³-hybridized carbons (Fsp3) is 0.833. The van der Waals surface area contributed by atoms with Crippen LogP contribution in [0.3, 0.4) is 0 Å². The third kappa shape index (κ3) is 8.65. The van der Waals surface area contributed by atoms with Crippen molar-refractivity contribution < 1.29 is 19.1 Å². The van der Waals surface area contributed by atoms with Crippen LogP contribution in [-0.2, 0) is 9.59 Å². The molecule has 0 saturated heterocycles. The first kappa shape index (κ1) is 15.9. The molecule has 0 saturated carbocycles. The van der Waals surface area contributed by atoms with Gasteiger partial charge in [0, 0.05) is 13.5 Å². The number of carbonyl (C=O) groups excluding carboxylic acids is 1. The number of unbranched alkanes of at least 4 members (excludes halogenated alkanes) is 1. The number of rotatable bonds is 9. The molecule has 0 fully saturated rings. The zero-order chi connectivity index (χ0) is 13.3. The maximum atomic E-state index is 13.2. The summed E-state index contributed by atoms with van der Waals surface area (Å²) in [6.45, 7) is 1.71. The van der Waals surface area contributed by atoms with E-state index < -0.39 is 12.1 Å². The maximum absolute atomic E-state index is 13.2. The summed E-state index contributed by atoms with van der Waals surface area (Å²) in [5.41, 5.74) is 0. The maximum Gasteiger partial charge on any atom is 0.323 e. The highest BCUT2D eigenvalue weighted by Gasteiger charge is 2.13. The number of carboxylic acids is 1. The van der Waals surface area contributed by atoms with Crippen molar-refractivity contribution in [1.82, 2.24) is 4.90 Å². The molecule has 0 aliphatic heterocycles. The summed E-state index contributed by atoms with van der Waals surface area (Å²) < 4.78 is 13.2. The first-order valence-corrected chi connectivity index (χ1v) is 6.07. The van der Waals surface area contributed by atoms with Crippen LogP contribution in [0.1, 0.15) is 45.4 Å². The molecule has 1 atom stereocenters. The molecular formula is C12H22FNO3. The highest BCUT2D eigenvalue weighted by atomic mass is 19.1. The molecule has 0 aliphatic rings. The van der Waals surface area contributed by atoms with Crippen LogP contribution in [0.2, 0.25) is 0 Å². The number of amides is 1. The summed E-state index contributed by atoms with van der Waals surface area (Å²) in [6, 6.07) is 0. The highest BCUT2D eigenvalue weighted by molar-refractivity contribution is 5.80. The van der Waals surface area contributed by atoms with Crippen LogP contribution >= 0.6 is 0 Å². The number of likely N-dealkylation sites (N-methyl/N-ethyl adjacent to an activating group) is 1. The van der Waals surface area contributed by atoms with E-state index in [9.17, 15) is 14.0 Å². The van der Waals surface area contributed by atoms with Crippen molar-refractivity contribution in [3.05, 3.63) is 0 Å². The second-order valence-electron chi connectivity index (χ2n) is 4.28. The highest BCUT2D eigenvalue weighted by Crippen LogP contribution is 2.12. The lowest BCUT2D eigenvalue weighted by atomic mass is 10.1. The van der Waals surface area contributed by atoms with Gasteiger partial charge in [0.15, 0.2) is 0 Å². The topological polar surface area (TPSA) is 57.6 Å². The van der Waals surface area contributed by atoms with Gasteiger partial charge in [-0.3, -0.25) is 9.59 Å². The number of aliphatic carboxylic acids is 1. The number of halogens is 1. The Morgan fingerprint density at radius 2 is 1.88 bits per heavy atom. The lowest BCUT2D eigenvalue weighted by Gasteiger charge is -2.14. The number of carboxylic acid groups (broad SMARTS) is 1. The normalized spacial score (nSPS) is 12.2. The largest absolute Gasteiger partial charge is 0.480 e. The van der Waals surface area contributed by atoms with Crippen molar-refractivity contribution in [3.63, 3.8) is 0 Å². The van der Waals surface area contributed by atoms with Crippen molar-refractivity contribution in [2.24, 2.45) is 0 Å². The molecule has 1 amide bonds. The first-order valence-electron chi connectivity index (χ1n) is 6.07. The number of nitrogens with zero attached hydrogens (tertiary/aromatic N) is 1. The molecule has 0 radical (unpaired) electrons. The van der Waals surface area contributed by atoms with E-state index in [0.29, 0.717) is 19.3 Å². The van der Waals surface area contributed by atoms with Gasteiger partial charge in [-0.25, -0.2) is 4.39 Å². The van der Waals surface area contributed by atoms with Gasteiger partial charge in [-0.2, -0.15) is 0 Å². The van der Waals surface area contributed by atoms with Gasteiger partial charge in [-0.1, -0.05) is 19.8 Å². The zero-order valence-electron chi connectivity index (χ0n) is 10.6. The number of alkyl halides is 1. The van der Waals surface area contributed by atoms with Gasteiger partial charge in [0.05, 0.1) is 0 Å². The SMILES string of the molecule is CCCCC(F)CCCC(=O)N(C)CC(=O)O. The Morgan fingerprint density at radius 1 is 1.29 bits per heavy atom. The molecule has 0 aromatic carbocycles. The molecule has 5 heteroatoms. The molecule has 100 valence electrons. The van der Waals surface area contributed by atoms with Crippen LogP contribution in [0.25, 0.3) is 0 Å². The van der Waals surface area contributed by atoms with E-state index in [1.54, 1.807) is 0 Å². The molecule has 0 spiro atoms.